The maximum absolute atomic E-state index is 5.42. The van der Waals surface area contributed by atoms with E-state index in [1.165, 1.54) is 22.6 Å². The molecule has 0 spiro atoms. The predicted molar refractivity (Wildman–Crippen MR) is 78.4 cm³/mol. The van der Waals surface area contributed by atoms with E-state index in [2.05, 4.69) is 43.0 Å². The molecule has 1 aromatic rings. The Morgan fingerprint density at radius 2 is 2.11 bits per heavy atom. The van der Waals surface area contributed by atoms with Gasteiger partial charge in [0.25, 0.3) is 0 Å². The molecule has 0 aliphatic carbocycles. The Bertz CT molecular complexity index is 363. The minimum Gasteiger partial charge on any atom is -0.379 e. The normalized spacial score (nSPS) is 18.8. The number of morpholine rings is 1. The zero-order chi connectivity index (χ0) is 12.8. The first-order valence-electron chi connectivity index (χ1n) is 6.81. The lowest BCUT2D eigenvalue weighted by Crippen LogP contribution is -2.44. The van der Waals surface area contributed by atoms with Gasteiger partial charge in [0.15, 0.2) is 0 Å². The highest BCUT2D eigenvalue weighted by molar-refractivity contribution is 7.99. The molecule has 100 valence electrons. The van der Waals surface area contributed by atoms with Gasteiger partial charge in [-0.1, -0.05) is 24.6 Å². The lowest BCUT2D eigenvalue weighted by Gasteiger charge is -2.33. The number of nitrogens with zero attached hydrogens (tertiary/aromatic N) is 1. The van der Waals surface area contributed by atoms with Crippen LogP contribution in [-0.4, -0.2) is 43.0 Å². The van der Waals surface area contributed by atoms with E-state index < -0.39 is 0 Å². The van der Waals surface area contributed by atoms with E-state index in [-0.39, 0.29) is 0 Å². The number of benzene rings is 1. The van der Waals surface area contributed by atoms with Crippen LogP contribution >= 0.6 is 11.8 Å². The van der Waals surface area contributed by atoms with Crippen molar-refractivity contribution in [3.05, 3.63) is 29.8 Å². The molecule has 1 saturated heterocycles. The van der Waals surface area contributed by atoms with Crippen LogP contribution in [-0.2, 0) is 4.74 Å². The number of thioether (sulfide) groups is 1. The van der Waals surface area contributed by atoms with Gasteiger partial charge in [-0.15, -0.1) is 11.8 Å². The molecule has 1 atom stereocenters. The maximum Gasteiger partial charge on any atom is 0.0594 e. The Hall–Kier alpha value is -0.510. The summed E-state index contributed by atoms with van der Waals surface area (Å²) in [5, 5.41) is 0. The van der Waals surface area contributed by atoms with Crippen LogP contribution in [0.15, 0.2) is 29.2 Å². The van der Waals surface area contributed by atoms with Gasteiger partial charge in [0.1, 0.15) is 0 Å². The second kappa shape index (κ2) is 7.17. The standard InChI is InChI=1S/C15H23NOS/c1-3-14(16-7-9-17-10-8-16)12-18-15-6-4-5-13(2)11-15/h4-6,11,14H,3,7-10,12H2,1-2H3. The molecule has 1 aliphatic heterocycles. The molecule has 1 fully saturated rings. The summed E-state index contributed by atoms with van der Waals surface area (Å²) in [6, 6.07) is 9.47. The van der Waals surface area contributed by atoms with Gasteiger partial charge in [0.05, 0.1) is 13.2 Å². The molecule has 1 unspecified atom stereocenters. The Morgan fingerprint density at radius 3 is 2.78 bits per heavy atom. The quantitative estimate of drug-likeness (QED) is 0.759. The van der Waals surface area contributed by atoms with Crippen molar-refractivity contribution in [3.63, 3.8) is 0 Å². The van der Waals surface area contributed by atoms with E-state index in [4.69, 9.17) is 4.74 Å². The van der Waals surface area contributed by atoms with Gasteiger partial charge in [-0.05, 0) is 25.5 Å². The smallest absolute Gasteiger partial charge is 0.0594 e. The average molecular weight is 265 g/mol. The van der Waals surface area contributed by atoms with Crippen molar-refractivity contribution < 1.29 is 4.74 Å². The molecule has 0 aromatic heterocycles. The van der Waals surface area contributed by atoms with E-state index in [0.717, 1.165) is 26.3 Å². The van der Waals surface area contributed by atoms with E-state index in [1.54, 1.807) is 0 Å². The van der Waals surface area contributed by atoms with Crippen LogP contribution < -0.4 is 0 Å². The van der Waals surface area contributed by atoms with Crippen molar-refractivity contribution in [1.82, 2.24) is 4.90 Å². The summed E-state index contributed by atoms with van der Waals surface area (Å²) in [6.07, 6.45) is 1.22. The van der Waals surface area contributed by atoms with Gasteiger partial charge in [-0.2, -0.15) is 0 Å². The Balaban J connectivity index is 1.86. The number of hydrogen-bond donors (Lipinski definition) is 0. The highest BCUT2D eigenvalue weighted by Crippen LogP contribution is 2.22. The molecule has 18 heavy (non-hydrogen) atoms. The van der Waals surface area contributed by atoms with Gasteiger partial charge < -0.3 is 4.74 Å². The van der Waals surface area contributed by atoms with Crippen LogP contribution in [0.5, 0.6) is 0 Å². The molecule has 2 nitrogen and oxygen atoms in total. The minimum absolute atomic E-state index is 0.680. The van der Waals surface area contributed by atoms with Gasteiger partial charge in [0.2, 0.25) is 0 Å². The van der Waals surface area contributed by atoms with Crippen LogP contribution in [0.25, 0.3) is 0 Å². The zero-order valence-electron chi connectivity index (χ0n) is 11.4. The fraction of sp³-hybridized carbons (Fsp3) is 0.600. The fourth-order valence-corrected chi connectivity index (χ4v) is 3.60. The molecule has 0 saturated carbocycles. The Morgan fingerprint density at radius 1 is 1.33 bits per heavy atom. The molecular weight excluding hydrogens is 242 g/mol. The van der Waals surface area contributed by atoms with E-state index >= 15 is 0 Å². The van der Waals surface area contributed by atoms with Crippen LogP contribution in [0.3, 0.4) is 0 Å². The van der Waals surface area contributed by atoms with Crippen molar-refractivity contribution >= 4 is 11.8 Å². The number of hydrogen-bond acceptors (Lipinski definition) is 3. The summed E-state index contributed by atoms with van der Waals surface area (Å²) >= 11 is 1.98. The monoisotopic (exact) mass is 265 g/mol. The molecular formula is C15H23NOS. The molecule has 0 N–H and O–H groups in total. The Labute approximate surface area is 115 Å². The number of aryl methyl sites for hydroxylation is 1. The van der Waals surface area contributed by atoms with Crippen molar-refractivity contribution in [2.24, 2.45) is 0 Å². The van der Waals surface area contributed by atoms with Crippen LogP contribution in [0, 0.1) is 6.92 Å². The maximum atomic E-state index is 5.42. The topological polar surface area (TPSA) is 12.5 Å². The zero-order valence-corrected chi connectivity index (χ0v) is 12.2. The number of ether oxygens (including phenoxy) is 1. The molecule has 1 heterocycles. The first kappa shape index (κ1) is 13.9. The molecule has 0 bridgehead atoms. The fourth-order valence-electron chi connectivity index (χ4n) is 2.32. The summed E-state index contributed by atoms with van der Waals surface area (Å²) in [5.41, 5.74) is 1.35. The third-order valence-corrected chi connectivity index (χ3v) is 4.60. The van der Waals surface area contributed by atoms with Gasteiger partial charge >= 0.3 is 0 Å². The molecule has 1 aromatic carbocycles. The van der Waals surface area contributed by atoms with Crippen molar-refractivity contribution in [3.8, 4) is 0 Å². The second-order valence-electron chi connectivity index (χ2n) is 4.84. The molecule has 0 radical (unpaired) electrons. The molecule has 2 rings (SSSR count). The second-order valence-corrected chi connectivity index (χ2v) is 5.93. The first-order chi connectivity index (χ1) is 8.79. The van der Waals surface area contributed by atoms with Crippen LogP contribution in [0.4, 0.5) is 0 Å². The van der Waals surface area contributed by atoms with Crippen molar-refractivity contribution in [1.29, 1.82) is 0 Å². The van der Waals surface area contributed by atoms with Gasteiger partial charge in [-0.25, -0.2) is 0 Å². The van der Waals surface area contributed by atoms with Crippen molar-refractivity contribution in [2.45, 2.75) is 31.2 Å². The lowest BCUT2D eigenvalue weighted by atomic mass is 10.2. The molecule has 0 amide bonds. The number of rotatable bonds is 5. The lowest BCUT2D eigenvalue weighted by molar-refractivity contribution is 0.0205. The summed E-state index contributed by atoms with van der Waals surface area (Å²) in [6.45, 7) is 8.41. The third-order valence-electron chi connectivity index (χ3n) is 3.47. The van der Waals surface area contributed by atoms with Gasteiger partial charge in [0, 0.05) is 29.8 Å². The highest BCUT2D eigenvalue weighted by Gasteiger charge is 2.19. The van der Waals surface area contributed by atoms with Gasteiger partial charge in [-0.3, -0.25) is 4.90 Å². The molecule has 1 aliphatic rings. The Kier molecular flexibility index (Phi) is 5.54. The largest absolute Gasteiger partial charge is 0.379 e. The summed E-state index contributed by atoms with van der Waals surface area (Å²) in [7, 11) is 0. The van der Waals surface area contributed by atoms with E-state index in [0.29, 0.717) is 6.04 Å². The van der Waals surface area contributed by atoms with Crippen LogP contribution in [0.1, 0.15) is 18.9 Å². The third kappa shape index (κ3) is 4.01. The predicted octanol–water partition coefficient (Wildman–Crippen LogP) is 3.20. The summed E-state index contributed by atoms with van der Waals surface area (Å²) < 4.78 is 5.42. The minimum atomic E-state index is 0.680. The van der Waals surface area contributed by atoms with E-state index in [9.17, 15) is 0 Å². The van der Waals surface area contributed by atoms with Crippen molar-refractivity contribution in [2.75, 3.05) is 32.1 Å². The summed E-state index contributed by atoms with van der Waals surface area (Å²) in [4.78, 5) is 3.97. The average Bonchev–Trinajstić information content (AvgIpc) is 2.41. The SMILES string of the molecule is CCC(CSc1cccc(C)c1)N1CCOCC1. The van der Waals surface area contributed by atoms with E-state index in [1.807, 2.05) is 11.8 Å². The van der Waals surface area contributed by atoms with Crippen LogP contribution in [0.2, 0.25) is 0 Å². The highest BCUT2D eigenvalue weighted by atomic mass is 32.2. The first-order valence-corrected chi connectivity index (χ1v) is 7.79. The molecule has 3 heteroatoms. The summed E-state index contributed by atoms with van der Waals surface area (Å²) in [5.74, 6) is 1.18.